The van der Waals surface area contributed by atoms with Gasteiger partial charge in [0.05, 0.1) is 39.6 Å². The SMILES string of the molecule is c1ccc2c(c1)N=Nc1ccc(OCCCCCCCCCCOc3ccc4c(c3)OCCOCCOc3ccccc3N=N4)cc1OCCOCCO2. The standard InChI is InChI=1S/C42H50N4O8/c1(3-5-11-21-49-33-17-19-37-41(31-33)53-29-25-47-23-27-51-39-15-9-7-13-35(39)43-45-37)2-4-6-12-22-50-34-18-20-38-42(32-34)54-30-26-48-24-28-52-40-16-10-8-14-36(40)44-46-38/h7-10,13-20,31-32H,1-6,11-12,21-30H2. The lowest BCUT2D eigenvalue weighted by molar-refractivity contribution is 0.0767. The zero-order valence-electron chi connectivity index (χ0n) is 30.9. The van der Waals surface area contributed by atoms with Gasteiger partial charge in [0.25, 0.3) is 0 Å². The van der Waals surface area contributed by atoms with Gasteiger partial charge in [-0.15, -0.1) is 20.5 Å². The second-order valence-corrected chi connectivity index (χ2v) is 12.7. The maximum atomic E-state index is 6.06. The predicted octanol–water partition coefficient (Wildman–Crippen LogP) is 10.7. The Hall–Kier alpha value is -5.20. The molecule has 0 saturated heterocycles. The van der Waals surface area contributed by atoms with Gasteiger partial charge in [0.1, 0.15) is 72.2 Å². The minimum Gasteiger partial charge on any atom is -0.493 e. The summed E-state index contributed by atoms with van der Waals surface area (Å²) < 4.78 is 47.0. The van der Waals surface area contributed by atoms with Crippen LogP contribution in [0.5, 0.6) is 34.5 Å². The van der Waals surface area contributed by atoms with E-state index < -0.39 is 0 Å². The molecule has 0 bridgehead atoms. The van der Waals surface area contributed by atoms with Crippen molar-refractivity contribution in [2.45, 2.75) is 51.4 Å². The topological polar surface area (TPSA) is 123 Å². The largest absolute Gasteiger partial charge is 0.493 e. The Labute approximate surface area is 317 Å². The number of unbranched alkanes of at least 4 members (excludes halogenated alkanes) is 7. The van der Waals surface area contributed by atoms with Crippen molar-refractivity contribution in [2.24, 2.45) is 20.5 Å². The predicted molar refractivity (Wildman–Crippen MR) is 206 cm³/mol. The van der Waals surface area contributed by atoms with Crippen molar-refractivity contribution in [2.75, 3.05) is 66.1 Å². The van der Waals surface area contributed by atoms with Gasteiger partial charge in [-0.1, -0.05) is 62.8 Å². The zero-order valence-corrected chi connectivity index (χ0v) is 30.9. The summed E-state index contributed by atoms with van der Waals surface area (Å²) in [6.45, 7) is 4.79. The number of fused-ring (bicyclic) bond motifs is 4. The number of ether oxygens (including phenoxy) is 8. The van der Waals surface area contributed by atoms with Crippen molar-refractivity contribution in [3.05, 3.63) is 84.9 Å². The first-order valence-corrected chi connectivity index (χ1v) is 19.0. The van der Waals surface area contributed by atoms with Crippen LogP contribution in [0.25, 0.3) is 0 Å². The van der Waals surface area contributed by atoms with Gasteiger partial charge >= 0.3 is 0 Å². The molecule has 6 rings (SSSR count). The molecule has 286 valence electrons. The zero-order chi connectivity index (χ0) is 36.9. The maximum Gasteiger partial charge on any atom is 0.150 e. The molecule has 12 nitrogen and oxygen atoms in total. The van der Waals surface area contributed by atoms with Crippen LogP contribution in [0.3, 0.4) is 0 Å². The number of para-hydroxylation sites is 2. The third kappa shape index (κ3) is 12.7. The third-order valence-electron chi connectivity index (χ3n) is 8.64. The molecule has 0 N–H and O–H groups in total. The van der Waals surface area contributed by atoms with Crippen LogP contribution in [0.15, 0.2) is 105 Å². The van der Waals surface area contributed by atoms with Gasteiger partial charge in [-0.05, 0) is 61.4 Å². The van der Waals surface area contributed by atoms with E-state index in [1.165, 1.54) is 25.7 Å². The van der Waals surface area contributed by atoms with Crippen LogP contribution in [0.4, 0.5) is 22.7 Å². The van der Waals surface area contributed by atoms with Crippen LogP contribution in [-0.4, -0.2) is 66.1 Å². The van der Waals surface area contributed by atoms with Crippen molar-refractivity contribution in [3.8, 4) is 34.5 Å². The van der Waals surface area contributed by atoms with E-state index in [0.717, 1.165) is 37.2 Å². The molecular formula is C42H50N4O8. The molecule has 0 atom stereocenters. The summed E-state index contributed by atoms with van der Waals surface area (Å²) in [7, 11) is 0. The lowest BCUT2D eigenvalue weighted by Crippen LogP contribution is -2.12. The number of hydrogen-bond acceptors (Lipinski definition) is 12. The van der Waals surface area contributed by atoms with Crippen LogP contribution >= 0.6 is 0 Å². The highest BCUT2D eigenvalue weighted by atomic mass is 16.6. The van der Waals surface area contributed by atoms with Gasteiger partial charge in [-0.2, -0.15) is 0 Å². The second-order valence-electron chi connectivity index (χ2n) is 12.7. The number of azo groups is 2. The Morgan fingerprint density at radius 3 is 1.15 bits per heavy atom. The van der Waals surface area contributed by atoms with Gasteiger partial charge in [-0.25, -0.2) is 0 Å². The first-order chi connectivity index (χ1) is 26.8. The minimum atomic E-state index is 0.397. The highest BCUT2D eigenvalue weighted by molar-refractivity contribution is 5.58. The molecule has 54 heavy (non-hydrogen) atoms. The molecule has 4 aromatic rings. The highest BCUT2D eigenvalue weighted by Crippen LogP contribution is 2.37. The van der Waals surface area contributed by atoms with Crippen LogP contribution in [0.2, 0.25) is 0 Å². The van der Waals surface area contributed by atoms with E-state index in [4.69, 9.17) is 37.9 Å². The van der Waals surface area contributed by atoms with E-state index in [2.05, 4.69) is 20.5 Å². The summed E-state index contributed by atoms with van der Waals surface area (Å²) in [5, 5.41) is 17.7. The molecular weight excluding hydrogens is 688 g/mol. The summed E-state index contributed by atoms with van der Waals surface area (Å²) in [6, 6.07) is 26.4. The summed E-state index contributed by atoms with van der Waals surface area (Å²) in [6.07, 6.45) is 9.06. The van der Waals surface area contributed by atoms with Crippen molar-refractivity contribution in [1.82, 2.24) is 0 Å². The first-order valence-electron chi connectivity index (χ1n) is 19.0. The van der Waals surface area contributed by atoms with E-state index in [9.17, 15) is 0 Å². The summed E-state index contributed by atoms with van der Waals surface area (Å²) in [5.74, 6) is 4.07. The number of nitrogens with zero attached hydrogens (tertiary/aromatic N) is 4. The molecule has 0 saturated carbocycles. The first kappa shape index (κ1) is 38.5. The maximum absolute atomic E-state index is 6.06. The van der Waals surface area contributed by atoms with Crippen molar-refractivity contribution in [1.29, 1.82) is 0 Å². The molecule has 2 heterocycles. The monoisotopic (exact) mass is 738 g/mol. The van der Waals surface area contributed by atoms with E-state index in [0.29, 0.717) is 112 Å². The van der Waals surface area contributed by atoms with Gasteiger partial charge in [0.15, 0.2) is 11.5 Å². The van der Waals surface area contributed by atoms with Gasteiger partial charge < -0.3 is 37.9 Å². The normalized spacial score (nSPS) is 14.7. The average molecular weight is 739 g/mol. The van der Waals surface area contributed by atoms with Crippen LogP contribution in [-0.2, 0) is 9.47 Å². The van der Waals surface area contributed by atoms with Crippen LogP contribution in [0.1, 0.15) is 51.4 Å². The molecule has 4 aromatic carbocycles. The minimum absolute atomic E-state index is 0.397. The Bertz CT molecular complexity index is 1660. The third-order valence-corrected chi connectivity index (χ3v) is 8.64. The molecule has 2 aliphatic rings. The fourth-order valence-electron chi connectivity index (χ4n) is 5.80. The Morgan fingerprint density at radius 1 is 0.370 bits per heavy atom. The molecule has 0 spiro atoms. The molecule has 0 unspecified atom stereocenters. The van der Waals surface area contributed by atoms with Gasteiger partial charge in [-0.3, -0.25) is 0 Å². The van der Waals surface area contributed by atoms with Crippen molar-refractivity contribution < 1.29 is 37.9 Å². The van der Waals surface area contributed by atoms with E-state index in [1.54, 1.807) is 0 Å². The van der Waals surface area contributed by atoms with Gasteiger partial charge in [0, 0.05) is 12.1 Å². The van der Waals surface area contributed by atoms with Crippen molar-refractivity contribution in [3.63, 3.8) is 0 Å². The average Bonchev–Trinajstić information content (AvgIpc) is 3.23. The Morgan fingerprint density at radius 2 is 0.722 bits per heavy atom. The summed E-state index contributed by atoms with van der Waals surface area (Å²) >= 11 is 0. The summed E-state index contributed by atoms with van der Waals surface area (Å²) in [4.78, 5) is 0. The number of rotatable bonds is 13. The number of benzene rings is 4. The molecule has 0 amide bonds. The highest BCUT2D eigenvalue weighted by Gasteiger charge is 2.11. The lowest BCUT2D eigenvalue weighted by atomic mass is 10.1. The Balaban J connectivity index is 0.854. The lowest BCUT2D eigenvalue weighted by Gasteiger charge is -2.12. The molecule has 0 fully saturated rings. The fourth-order valence-corrected chi connectivity index (χ4v) is 5.80. The number of hydrogen-bond donors (Lipinski definition) is 0. The molecule has 2 aliphatic heterocycles. The molecule has 0 aliphatic carbocycles. The second kappa shape index (κ2) is 22.1. The molecule has 12 heteroatoms. The smallest absolute Gasteiger partial charge is 0.150 e. The quantitative estimate of drug-likeness (QED) is 0.124. The van der Waals surface area contributed by atoms with Crippen LogP contribution in [0, 0.1) is 0 Å². The van der Waals surface area contributed by atoms with E-state index in [1.807, 2.05) is 84.9 Å². The van der Waals surface area contributed by atoms with E-state index >= 15 is 0 Å². The van der Waals surface area contributed by atoms with Crippen molar-refractivity contribution >= 4 is 22.7 Å². The molecule has 0 aromatic heterocycles. The Kier molecular flexibility index (Phi) is 15.8. The van der Waals surface area contributed by atoms with Gasteiger partial charge in [0.2, 0.25) is 0 Å². The fraction of sp³-hybridized carbons (Fsp3) is 0.429. The summed E-state index contributed by atoms with van der Waals surface area (Å²) in [5.41, 5.74) is 2.56. The van der Waals surface area contributed by atoms with E-state index in [-0.39, 0.29) is 0 Å². The molecule has 0 radical (unpaired) electrons. The van der Waals surface area contributed by atoms with Crippen LogP contribution < -0.4 is 28.4 Å².